The Morgan fingerprint density at radius 2 is 1.87 bits per heavy atom. The van der Waals surface area contributed by atoms with Crippen LogP contribution in [0.4, 0.5) is 0 Å². The monoisotopic (exact) mass is 413 g/mol. The first-order chi connectivity index (χ1) is 14.3. The molecule has 1 aromatic heterocycles. The fourth-order valence-corrected chi connectivity index (χ4v) is 2.82. The lowest BCUT2D eigenvalue weighted by Gasteiger charge is -2.15. The number of nitrogens with one attached hydrogen (secondary N) is 1. The molecule has 1 aromatic carbocycles. The first-order valence-electron chi connectivity index (χ1n) is 8.96. The predicted molar refractivity (Wildman–Crippen MR) is 101 cm³/mol. The number of carbonyl (C=O) groups is 5. The fourth-order valence-electron chi connectivity index (χ4n) is 2.82. The molecular formula is C20H19N3O7. The van der Waals surface area contributed by atoms with Crippen molar-refractivity contribution in [3.63, 3.8) is 0 Å². The first-order valence-corrected chi connectivity index (χ1v) is 8.96. The molecular weight excluding hydrogens is 394 g/mol. The van der Waals surface area contributed by atoms with E-state index in [1.54, 1.807) is 12.1 Å². The van der Waals surface area contributed by atoms with Gasteiger partial charge in [-0.15, -0.1) is 0 Å². The smallest absolute Gasteiger partial charge is 0.338 e. The standard InChI is InChI=1S/C20H19N3O7/c1-21-16(24)10-22(2)17(25)11-30-20(28)12-5-6-14-15(8-12)19(27)23(18(14)26)9-13-4-3-7-29-13/h3-8H,9-11H2,1-2H3,(H,21,24). The summed E-state index contributed by atoms with van der Waals surface area (Å²) in [6, 6.07) is 7.27. The van der Waals surface area contributed by atoms with E-state index in [-0.39, 0.29) is 35.7 Å². The van der Waals surface area contributed by atoms with Gasteiger partial charge in [-0.25, -0.2) is 4.79 Å². The summed E-state index contributed by atoms with van der Waals surface area (Å²) in [5.41, 5.74) is 0.269. The number of hydrogen-bond acceptors (Lipinski definition) is 7. The van der Waals surface area contributed by atoms with E-state index in [4.69, 9.17) is 9.15 Å². The van der Waals surface area contributed by atoms with Crippen molar-refractivity contribution in [3.8, 4) is 0 Å². The molecule has 156 valence electrons. The Hall–Kier alpha value is -3.95. The zero-order valence-electron chi connectivity index (χ0n) is 16.3. The quantitative estimate of drug-likeness (QED) is 0.515. The van der Waals surface area contributed by atoms with E-state index in [2.05, 4.69) is 5.32 Å². The molecule has 1 aliphatic heterocycles. The molecule has 4 amide bonds. The third-order valence-corrected chi connectivity index (χ3v) is 4.51. The molecule has 0 atom stereocenters. The summed E-state index contributed by atoms with van der Waals surface area (Å²) >= 11 is 0. The van der Waals surface area contributed by atoms with Crippen LogP contribution in [0.25, 0.3) is 0 Å². The number of likely N-dealkylation sites (N-methyl/N-ethyl adjacent to an activating group) is 2. The van der Waals surface area contributed by atoms with E-state index in [0.717, 1.165) is 9.80 Å². The lowest BCUT2D eigenvalue weighted by atomic mass is 10.1. The van der Waals surface area contributed by atoms with Gasteiger partial charge in [-0.1, -0.05) is 0 Å². The minimum atomic E-state index is -0.829. The number of imide groups is 1. The van der Waals surface area contributed by atoms with Crippen LogP contribution < -0.4 is 5.32 Å². The molecule has 0 saturated carbocycles. The molecule has 10 nitrogen and oxygen atoms in total. The Morgan fingerprint density at radius 1 is 1.13 bits per heavy atom. The Kier molecular flexibility index (Phi) is 5.95. The van der Waals surface area contributed by atoms with Crippen molar-refractivity contribution < 1.29 is 33.1 Å². The van der Waals surface area contributed by atoms with Crippen molar-refractivity contribution in [3.05, 3.63) is 59.0 Å². The molecule has 10 heteroatoms. The minimum absolute atomic E-state index is 0.0225. The van der Waals surface area contributed by atoms with Gasteiger partial charge >= 0.3 is 5.97 Å². The van der Waals surface area contributed by atoms with Gasteiger partial charge in [-0.3, -0.25) is 24.1 Å². The number of ether oxygens (including phenoxy) is 1. The maximum Gasteiger partial charge on any atom is 0.338 e. The van der Waals surface area contributed by atoms with Gasteiger partial charge in [-0.05, 0) is 30.3 Å². The third-order valence-electron chi connectivity index (χ3n) is 4.51. The fraction of sp³-hybridized carbons (Fsp3) is 0.250. The van der Waals surface area contributed by atoms with Crippen LogP contribution in [-0.4, -0.2) is 66.6 Å². The molecule has 1 aliphatic rings. The predicted octanol–water partition coefficient (Wildman–Crippen LogP) is 0.437. The Bertz CT molecular complexity index is 1010. The number of carbonyl (C=O) groups excluding carboxylic acids is 5. The molecule has 1 N–H and O–H groups in total. The number of rotatable bonds is 7. The molecule has 0 fully saturated rings. The number of amides is 4. The second-order valence-corrected chi connectivity index (χ2v) is 6.54. The van der Waals surface area contributed by atoms with Gasteiger partial charge in [0, 0.05) is 14.1 Å². The van der Waals surface area contributed by atoms with Crippen molar-refractivity contribution >= 4 is 29.6 Å². The average molecular weight is 413 g/mol. The third kappa shape index (κ3) is 4.22. The van der Waals surface area contributed by atoms with Crippen LogP contribution in [0.2, 0.25) is 0 Å². The summed E-state index contributed by atoms with van der Waals surface area (Å²) in [4.78, 5) is 62.8. The highest BCUT2D eigenvalue weighted by Gasteiger charge is 2.36. The number of benzene rings is 1. The zero-order chi connectivity index (χ0) is 21.8. The van der Waals surface area contributed by atoms with Crippen LogP contribution in [0.3, 0.4) is 0 Å². The van der Waals surface area contributed by atoms with Gasteiger partial charge in [0.1, 0.15) is 5.76 Å². The van der Waals surface area contributed by atoms with Crippen LogP contribution >= 0.6 is 0 Å². The lowest BCUT2D eigenvalue weighted by Crippen LogP contribution is -2.39. The van der Waals surface area contributed by atoms with Gasteiger partial charge in [-0.2, -0.15) is 0 Å². The Morgan fingerprint density at radius 3 is 2.53 bits per heavy atom. The SMILES string of the molecule is CNC(=O)CN(C)C(=O)COC(=O)c1ccc2c(c1)C(=O)N(Cc1ccco1)C2=O. The van der Waals surface area contributed by atoms with Crippen LogP contribution in [0.5, 0.6) is 0 Å². The van der Waals surface area contributed by atoms with E-state index in [1.807, 2.05) is 0 Å². The average Bonchev–Trinajstić information content (AvgIpc) is 3.34. The topological polar surface area (TPSA) is 126 Å². The molecule has 0 unspecified atom stereocenters. The molecule has 2 heterocycles. The summed E-state index contributed by atoms with van der Waals surface area (Å²) in [5.74, 6) is -2.35. The molecule has 0 bridgehead atoms. The van der Waals surface area contributed by atoms with Gasteiger partial charge in [0.15, 0.2) is 6.61 Å². The number of nitrogens with zero attached hydrogens (tertiary/aromatic N) is 2. The second-order valence-electron chi connectivity index (χ2n) is 6.54. The maximum atomic E-state index is 12.6. The molecule has 30 heavy (non-hydrogen) atoms. The summed E-state index contributed by atoms with van der Waals surface area (Å²) in [7, 11) is 2.84. The van der Waals surface area contributed by atoms with Gasteiger partial charge in [0.2, 0.25) is 5.91 Å². The van der Waals surface area contributed by atoms with Crippen LogP contribution in [0.15, 0.2) is 41.0 Å². The molecule has 0 aliphatic carbocycles. The molecule has 2 aromatic rings. The zero-order valence-corrected chi connectivity index (χ0v) is 16.3. The van der Waals surface area contributed by atoms with E-state index >= 15 is 0 Å². The summed E-state index contributed by atoms with van der Waals surface area (Å²) in [5, 5.41) is 2.38. The van der Waals surface area contributed by atoms with Crippen molar-refractivity contribution in [2.45, 2.75) is 6.54 Å². The Labute approximate surface area is 171 Å². The molecule has 0 saturated heterocycles. The van der Waals surface area contributed by atoms with E-state index in [1.165, 1.54) is 38.6 Å². The van der Waals surface area contributed by atoms with Crippen LogP contribution in [0, 0.1) is 0 Å². The van der Waals surface area contributed by atoms with Crippen molar-refractivity contribution in [1.82, 2.24) is 15.1 Å². The Balaban J connectivity index is 1.65. The highest BCUT2D eigenvalue weighted by molar-refractivity contribution is 6.21. The van der Waals surface area contributed by atoms with Crippen LogP contribution in [-0.2, 0) is 20.9 Å². The molecule has 0 spiro atoms. The first kappa shape index (κ1) is 20.8. The van der Waals surface area contributed by atoms with Crippen LogP contribution in [0.1, 0.15) is 36.8 Å². The summed E-state index contributed by atoms with van der Waals surface area (Å²) < 4.78 is 10.1. The second kappa shape index (κ2) is 8.60. The van der Waals surface area contributed by atoms with E-state index < -0.39 is 30.3 Å². The summed E-state index contributed by atoms with van der Waals surface area (Å²) in [6.07, 6.45) is 1.44. The normalized spacial score (nSPS) is 12.5. The number of fused-ring (bicyclic) bond motifs is 1. The van der Waals surface area contributed by atoms with Crippen molar-refractivity contribution in [2.75, 3.05) is 27.2 Å². The highest BCUT2D eigenvalue weighted by Crippen LogP contribution is 2.26. The number of hydrogen-bond donors (Lipinski definition) is 1. The molecule has 0 radical (unpaired) electrons. The largest absolute Gasteiger partial charge is 0.467 e. The minimum Gasteiger partial charge on any atom is -0.467 e. The lowest BCUT2D eigenvalue weighted by molar-refractivity contribution is -0.137. The van der Waals surface area contributed by atoms with Gasteiger partial charge < -0.3 is 19.4 Å². The maximum absolute atomic E-state index is 12.6. The summed E-state index contributed by atoms with van der Waals surface area (Å²) in [6.45, 7) is -0.764. The van der Waals surface area contributed by atoms with Crippen molar-refractivity contribution in [1.29, 1.82) is 0 Å². The van der Waals surface area contributed by atoms with Gasteiger partial charge in [0.25, 0.3) is 17.7 Å². The number of esters is 1. The van der Waals surface area contributed by atoms with Gasteiger partial charge in [0.05, 0.1) is 36.0 Å². The van der Waals surface area contributed by atoms with Crippen molar-refractivity contribution in [2.24, 2.45) is 0 Å². The molecule has 3 rings (SSSR count). The van der Waals surface area contributed by atoms with E-state index in [9.17, 15) is 24.0 Å². The highest BCUT2D eigenvalue weighted by atomic mass is 16.5. The van der Waals surface area contributed by atoms with E-state index in [0.29, 0.717) is 5.76 Å². The number of furan rings is 1.